The number of hydrogen-bond donors (Lipinski definition) is 1. The lowest BCUT2D eigenvalue weighted by atomic mass is 10.2. The van der Waals surface area contributed by atoms with Gasteiger partial charge in [-0.3, -0.25) is 0 Å². The average molecular weight is 272 g/mol. The monoisotopic (exact) mass is 272 g/mol. The summed E-state index contributed by atoms with van der Waals surface area (Å²) in [7, 11) is 0. The van der Waals surface area contributed by atoms with E-state index in [2.05, 4.69) is 10.3 Å². The van der Waals surface area contributed by atoms with Crippen molar-refractivity contribution in [2.24, 2.45) is 0 Å². The van der Waals surface area contributed by atoms with Crippen molar-refractivity contribution in [3.8, 4) is 0 Å². The molecule has 2 rings (SSSR count). The first-order valence-electron chi connectivity index (χ1n) is 5.27. The molecule has 0 bridgehead atoms. The summed E-state index contributed by atoms with van der Waals surface area (Å²) in [5, 5.41) is 2.97. The maximum absolute atomic E-state index is 12.5. The number of alkyl halides is 3. The minimum atomic E-state index is -4.31. The summed E-state index contributed by atoms with van der Waals surface area (Å²) in [5.74, 6) is 0. The standard InChI is InChI=1S/C12H11F3N2S/c1-8-11(18-7-17-8)6-16-10-4-2-3-9(5-10)12(13,14)15/h2-5,7,16H,6H2,1H3. The van der Waals surface area contributed by atoms with Gasteiger partial charge in [0.15, 0.2) is 0 Å². The van der Waals surface area contributed by atoms with Gasteiger partial charge in [0.2, 0.25) is 0 Å². The Bertz CT molecular complexity index is 534. The van der Waals surface area contributed by atoms with E-state index in [-0.39, 0.29) is 0 Å². The fourth-order valence-electron chi connectivity index (χ4n) is 1.48. The molecular weight excluding hydrogens is 261 g/mol. The lowest BCUT2D eigenvalue weighted by molar-refractivity contribution is -0.137. The molecule has 0 aliphatic carbocycles. The van der Waals surface area contributed by atoms with E-state index >= 15 is 0 Å². The van der Waals surface area contributed by atoms with Crippen LogP contribution in [0.25, 0.3) is 0 Å². The first-order chi connectivity index (χ1) is 8.47. The highest BCUT2D eigenvalue weighted by molar-refractivity contribution is 7.09. The van der Waals surface area contributed by atoms with Crippen LogP contribution >= 0.6 is 11.3 Å². The molecule has 0 saturated carbocycles. The lowest BCUT2D eigenvalue weighted by Gasteiger charge is -2.10. The van der Waals surface area contributed by atoms with Gasteiger partial charge < -0.3 is 5.32 Å². The van der Waals surface area contributed by atoms with E-state index in [1.165, 1.54) is 17.4 Å². The zero-order chi connectivity index (χ0) is 13.2. The van der Waals surface area contributed by atoms with Gasteiger partial charge in [0.25, 0.3) is 0 Å². The molecule has 0 unspecified atom stereocenters. The number of anilines is 1. The smallest absolute Gasteiger partial charge is 0.380 e. The van der Waals surface area contributed by atoms with E-state index in [9.17, 15) is 13.2 Å². The van der Waals surface area contributed by atoms with Crippen LogP contribution in [0, 0.1) is 6.92 Å². The summed E-state index contributed by atoms with van der Waals surface area (Å²) in [5.41, 5.74) is 2.43. The van der Waals surface area contributed by atoms with Crippen molar-refractivity contribution < 1.29 is 13.2 Å². The number of halogens is 3. The second-order valence-electron chi connectivity index (χ2n) is 3.79. The Morgan fingerprint density at radius 3 is 2.72 bits per heavy atom. The van der Waals surface area contributed by atoms with Crippen molar-refractivity contribution >= 4 is 17.0 Å². The van der Waals surface area contributed by atoms with Gasteiger partial charge in [-0.2, -0.15) is 13.2 Å². The molecule has 0 aliphatic heterocycles. The van der Waals surface area contributed by atoms with Crippen LogP contribution in [0.1, 0.15) is 16.1 Å². The third kappa shape index (κ3) is 3.01. The number of hydrogen-bond acceptors (Lipinski definition) is 3. The minimum absolute atomic E-state index is 0.456. The second kappa shape index (κ2) is 4.97. The van der Waals surface area contributed by atoms with Crippen molar-refractivity contribution in [1.82, 2.24) is 4.98 Å². The summed E-state index contributed by atoms with van der Waals surface area (Å²) in [6, 6.07) is 5.18. The number of rotatable bonds is 3. The summed E-state index contributed by atoms with van der Waals surface area (Å²) in [6.07, 6.45) is -4.31. The largest absolute Gasteiger partial charge is 0.416 e. The SMILES string of the molecule is Cc1ncsc1CNc1cccc(C(F)(F)F)c1. The predicted octanol–water partition coefficient (Wildman–Crippen LogP) is 4.08. The highest BCUT2D eigenvalue weighted by Gasteiger charge is 2.30. The maximum atomic E-state index is 12.5. The Morgan fingerprint density at radius 1 is 1.33 bits per heavy atom. The third-order valence-electron chi connectivity index (χ3n) is 2.49. The number of benzene rings is 1. The van der Waals surface area contributed by atoms with E-state index in [1.54, 1.807) is 11.6 Å². The van der Waals surface area contributed by atoms with Crippen LogP contribution in [-0.2, 0) is 12.7 Å². The van der Waals surface area contributed by atoms with Crippen molar-refractivity contribution in [3.05, 3.63) is 45.9 Å². The fraction of sp³-hybridized carbons (Fsp3) is 0.250. The number of nitrogens with zero attached hydrogens (tertiary/aromatic N) is 1. The Hall–Kier alpha value is -1.56. The van der Waals surface area contributed by atoms with Crippen molar-refractivity contribution in [2.75, 3.05) is 5.32 Å². The number of aryl methyl sites for hydroxylation is 1. The van der Waals surface area contributed by atoms with E-state index in [0.29, 0.717) is 12.2 Å². The minimum Gasteiger partial charge on any atom is -0.380 e. The first kappa shape index (κ1) is 12.9. The molecule has 1 aromatic carbocycles. The normalized spacial score (nSPS) is 11.6. The van der Waals surface area contributed by atoms with Gasteiger partial charge in [-0.05, 0) is 25.1 Å². The van der Waals surface area contributed by atoms with Gasteiger partial charge in [0.05, 0.1) is 23.3 Å². The van der Waals surface area contributed by atoms with E-state index in [4.69, 9.17) is 0 Å². The molecule has 0 amide bonds. The molecule has 0 radical (unpaired) electrons. The van der Waals surface area contributed by atoms with Crippen LogP contribution in [0.3, 0.4) is 0 Å². The molecule has 0 atom stereocenters. The van der Waals surface area contributed by atoms with Crippen LogP contribution in [0.15, 0.2) is 29.8 Å². The second-order valence-corrected chi connectivity index (χ2v) is 4.73. The number of aromatic nitrogens is 1. The molecule has 0 fully saturated rings. The Balaban J connectivity index is 2.09. The first-order valence-corrected chi connectivity index (χ1v) is 6.15. The highest BCUT2D eigenvalue weighted by atomic mass is 32.1. The molecule has 6 heteroatoms. The third-order valence-corrected chi connectivity index (χ3v) is 3.42. The molecule has 0 aliphatic rings. The molecule has 96 valence electrons. The van der Waals surface area contributed by atoms with Gasteiger partial charge in [-0.1, -0.05) is 6.07 Å². The quantitative estimate of drug-likeness (QED) is 0.910. The van der Waals surface area contributed by atoms with Crippen molar-refractivity contribution in [2.45, 2.75) is 19.6 Å². The molecule has 1 aromatic heterocycles. The van der Waals surface area contributed by atoms with Crippen LogP contribution in [0.4, 0.5) is 18.9 Å². The summed E-state index contributed by atoms with van der Waals surface area (Å²) in [6.45, 7) is 2.36. The van der Waals surface area contributed by atoms with Gasteiger partial charge in [-0.25, -0.2) is 4.98 Å². The predicted molar refractivity (Wildman–Crippen MR) is 65.6 cm³/mol. The van der Waals surface area contributed by atoms with Crippen molar-refractivity contribution in [3.63, 3.8) is 0 Å². The molecule has 0 saturated heterocycles. The van der Waals surface area contributed by atoms with Gasteiger partial charge in [0.1, 0.15) is 0 Å². The lowest BCUT2D eigenvalue weighted by Crippen LogP contribution is -2.06. The molecular formula is C12H11F3N2S. The fourth-order valence-corrected chi connectivity index (χ4v) is 2.20. The zero-order valence-corrected chi connectivity index (χ0v) is 10.4. The van der Waals surface area contributed by atoms with E-state index < -0.39 is 11.7 Å². The Labute approximate surface area is 106 Å². The Morgan fingerprint density at radius 2 is 2.11 bits per heavy atom. The molecule has 2 nitrogen and oxygen atoms in total. The van der Waals surface area contributed by atoms with E-state index in [1.807, 2.05) is 6.92 Å². The summed E-state index contributed by atoms with van der Waals surface area (Å²) in [4.78, 5) is 5.10. The van der Waals surface area contributed by atoms with Crippen LogP contribution in [-0.4, -0.2) is 4.98 Å². The van der Waals surface area contributed by atoms with Crippen LogP contribution < -0.4 is 5.32 Å². The summed E-state index contributed by atoms with van der Waals surface area (Å²) >= 11 is 1.48. The molecule has 2 aromatic rings. The molecule has 0 spiro atoms. The van der Waals surface area contributed by atoms with Crippen LogP contribution in [0.2, 0.25) is 0 Å². The Kier molecular flexibility index (Phi) is 3.56. The van der Waals surface area contributed by atoms with Gasteiger partial charge >= 0.3 is 6.18 Å². The van der Waals surface area contributed by atoms with Gasteiger partial charge in [-0.15, -0.1) is 11.3 Å². The molecule has 1 heterocycles. The highest BCUT2D eigenvalue weighted by Crippen LogP contribution is 2.30. The topological polar surface area (TPSA) is 24.9 Å². The number of thiazole rings is 1. The zero-order valence-electron chi connectivity index (χ0n) is 9.58. The number of nitrogens with one attached hydrogen (secondary N) is 1. The molecule has 1 N–H and O–H groups in total. The molecule has 18 heavy (non-hydrogen) atoms. The van der Waals surface area contributed by atoms with Gasteiger partial charge in [0, 0.05) is 10.6 Å². The van der Waals surface area contributed by atoms with Crippen molar-refractivity contribution in [1.29, 1.82) is 0 Å². The van der Waals surface area contributed by atoms with E-state index in [0.717, 1.165) is 22.7 Å². The maximum Gasteiger partial charge on any atom is 0.416 e. The van der Waals surface area contributed by atoms with Crippen LogP contribution in [0.5, 0.6) is 0 Å². The average Bonchev–Trinajstić information content (AvgIpc) is 2.72. The summed E-state index contributed by atoms with van der Waals surface area (Å²) < 4.78 is 37.5.